The molecule has 1 unspecified atom stereocenters. The number of ether oxygens (including phenoxy) is 1. The van der Waals surface area contributed by atoms with Crippen molar-refractivity contribution < 1.29 is 19.1 Å². The molecule has 3 N–H and O–H groups in total. The molecule has 7 nitrogen and oxygen atoms in total. The van der Waals surface area contributed by atoms with Gasteiger partial charge in [0.2, 0.25) is 12.0 Å². The van der Waals surface area contributed by atoms with Crippen molar-refractivity contribution in [3.63, 3.8) is 0 Å². The monoisotopic (exact) mass is 393 g/mol. The van der Waals surface area contributed by atoms with E-state index in [9.17, 15) is 9.90 Å². The summed E-state index contributed by atoms with van der Waals surface area (Å²) in [4.78, 5) is 20.5. The van der Waals surface area contributed by atoms with E-state index in [4.69, 9.17) is 14.9 Å². The maximum atomic E-state index is 11.8. The summed E-state index contributed by atoms with van der Waals surface area (Å²) in [6.07, 6.45) is 3.50. The molecule has 0 aliphatic rings. The van der Waals surface area contributed by atoms with Gasteiger partial charge in [-0.1, -0.05) is 30.3 Å². The van der Waals surface area contributed by atoms with Crippen LogP contribution in [0.15, 0.2) is 71.0 Å². The van der Waals surface area contributed by atoms with E-state index in [1.165, 1.54) is 17.6 Å². The van der Waals surface area contributed by atoms with Crippen molar-refractivity contribution in [1.29, 1.82) is 0 Å². The molecule has 28 heavy (non-hydrogen) atoms. The third-order valence-electron chi connectivity index (χ3n) is 4.06. The second-order valence-corrected chi connectivity index (χ2v) is 6.76. The van der Waals surface area contributed by atoms with Gasteiger partial charge in [0.15, 0.2) is 0 Å². The first kappa shape index (κ1) is 17.7. The van der Waals surface area contributed by atoms with Gasteiger partial charge in [0, 0.05) is 28.3 Å². The van der Waals surface area contributed by atoms with Crippen molar-refractivity contribution in [1.82, 2.24) is 9.97 Å². The molecule has 0 spiro atoms. The minimum atomic E-state index is -1.25. The third kappa shape index (κ3) is 3.45. The molecule has 3 heterocycles. The highest BCUT2D eigenvalue weighted by atomic mass is 32.1. The van der Waals surface area contributed by atoms with Crippen LogP contribution in [0.3, 0.4) is 0 Å². The van der Waals surface area contributed by atoms with Crippen LogP contribution in [0.25, 0.3) is 21.8 Å². The van der Waals surface area contributed by atoms with E-state index in [-0.39, 0.29) is 11.6 Å². The summed E-state index contributed by atoms with van der Waals surface area (Å²) in [5, 5.41) is 12.2. The number of nitrogens with zero attached hydrogens (tertiary/aromatic N) is 2. The molecule has 0 bridgehead atoms. The van der Waals surface area contributed by atoms with Gasteiger partial charge in [-0.25, -0.2) is 14.8 Å². The molecule has 0 radical (unpaired) electrons. The van der Waals surface area contributed by atoms with E-state index in [0.717, 1.165) is 5.56 Å². The van der Waals surface area contributed by atoms with Gasteiger partial charge in [0.1, 0.15) is 16.4 Å². The van der Waals surface area contributed by atoms with Crippen molar-refractivity contribution in [2.45, 2.75) is 6.10 Å². The fourth-order valence-electron chi connectivity index (χ4n) is 2.74. The molecule has 4 rings (SSSR count). The Bertz CT molecular complexity index is 1080. The first-order valence-corrected chi connectivity index (χ1v) is 9.19. The van der Waals surface area contributed by atoms with Gasteiger partial charge in [-0.15, -0.1) is 11.3 Å². The highest BCUT2D eigenvalue weighted by molar-refractivity contribution is 7.13. The second kappa shape index (κ2) is 7.53. The van der Waals surface area contributed by atoms with Crippen LogP contribution in [-0.2, 0) is 4.79 Å². The summed E-state index contributed by atoms with van der Waals surface area (Å²) in [6, 6.07) is 12.2. The van der Waals surface area contributed by atoms with Crippen molar-refractivity contribution in [3.8, 4) is 27.7 Å². The van der Waals surface area contributed by atoms with Gasteiger partial charge >= 0.3 is 5.97 Å². The first-order valence-electron chi connectivity index (χ1n) is 8.31. The Morgan fingerprint density at radius 1 is 1.25 bits per heavy atom. The molecule has 0 aliphatic heterocycles. The lowest BCUT2D eigenvalue weighted by molar-refractivity contribution is -0.145. The SMILES string of the molecule is Nc1c(-c2ccoc2)cc(-c2nccs2)nc1OC(C(=O)O)c1ccccc1. The Hall–Kier alpha value is -3.65. The predicted octanol–water partition coefficient (Wildman–Crippen LogP) is 4.25. The molecule has 4 aromatic rings. The van der Waals surface area contributed by atoms with Crippen LogP contribution in [0.5, 0.6) is 5.88 Å². The fourth-order valence-corrected chi connectivity index (χ4v) is 3.34. The number of aromatic nitrogens is 2. The van der Waals surface area contributed by atoms with Gasteiger partial charge in [0.25, 0.3) is 0 Å². The number of aliphatic carboxylic acids is 1. The van der Waals surface area contributed by atoms with Crippen LogP contribution in [-0.4, -0.2) is 21.0 Å². The van der Waals surface area contributed by atoms with Crippen LogP contribution < -0.4 is 10.5 Å². The highest BCUT2D eigenvalue weighted by Crippen LogP contribution is 2.38. The highest BCUT2D eigenvalue weighted by Gasteiger charge is 2.25. The van der Waals surface area contributed by atoms with Crippen LogP contribution >= 0.6 is 11.3 Å². The van der Waals surface area contributed by atoms with E-state index in [1.54, 1.807) is 54.9 Å². The molecule has 0 saturated heterocycles. The average molecular weight is 393 g/mol. The predicted molar refractivity (Wildman–Crippen MR) is 105 cm³/mol. The van der Waals surface area contributed by atoms with Gasteiger partial charge in [-0.05, 0) is 12.1 Å². The van der Waals surface area contributed by atoms with E-state index in [1.807, 2.05) is 5.38 Å². The number of benzene rings is 1. The Kier molecular flexibility index (Phi) is 4.77. The number of pyridine rings is 1. The lowest BCUT2D eigenvalue weighted by Crippen LogP contribution is -2.19. The molecule has 0 amide bonds. The summed E-state index contributed by atoms with van der Waals surface area (Å²) >= 11 is 1.41. The van der Waals surface area contributed by atoms with E-state index in [2.05, 4.69) is 9.97 Å². The molecule has 0 fully saturated rings. The topological polar surface area (TPSA) is 111 Å². The summed E-state index contributed by atoms with van der Waals surface area (Å²) in [7, 11) is 0. The zero-order valence-electron chi connectivity index (χ0n) is 14.5. The van der Waals surface area contributed by atoms with Crippen molar-refractivity contribution in [3.05, 3.63) is 72.1 Å². The summed E-state index contributed by atoms with van der Waals surface area (Å²) in [6.45, 7) is 0. The van der Waals surface area contributed by atoms with Gasteiger partial charge in [-0.3, -0.25) is 0 Å². The number of nitrogens with two attached hydrogens (primary N) is 1. The summed E-state index contributed by atoms with van der Waals surface area (Å²) in [5.41, 5.74) is 8.89. The smallest absolute Gasteiger partial charge is 0.349 e. The molecule has 8 heteroatoms. The number of hydrogen-bond donors (Lipinski definition) is 2. The van der Waals surface area contributed by atoms with Crippen LogP contribution in [0.4, 0.5) is 5.69 Å². The molecular weight excluding hydrogens is 378 g/mol. The van der Waals surface area contributed by atoms with Crippen LogP contribution in [0.1, 0.15) is 11.7 Å². The first-order chi connectivity index (χ1) is 13.6. The lowest BCUT2D eigenvalue weighted by atomic mass is 10.1. The number of nitrogen functional groups attached to an aromatic ring is 1. The molecule has 1 atom stereocenters. The average Bonchev–Trinajstić information content (AvgIpc) is 3.41. The molecule has 0 aliphatic carbocycles. The summed E-state index contributed by atoms with van der Waals surface area (Å²) < 4.78 is 10.9. The Morgan fingerprint density at radius 3 is 2.71 bits per heavy atom. The molecule has 1 aromatic carbocycles. The zero-order chi connectivity index (χ0) is 19.5. The van der Waals surface area contributed by atoms with E-state index < -0.39 is 12.1 Å². The Balaban J connectivity index is 1.82. The molecule has 3 aromatic heterocycles. The number of rotatable bonds is 6. The number of thiazole rings is 1. The second-order valence-electron chi connectivity index (χ2n) is 5.87. The van der Waals surface area contributed by atoms with Gasteiger partial charge in [-0.2, -0.15) is 0 Å². The Labute approximate surface area is 164 Å². The summed E-state index contributed by atoms with van der Waals surface area (Å²) in [5.74, 6) is -1.11. The third-order valence-corrected chi connectivity index (χ3v) is 4.86. The minimum absolute atomic E-state index is 0.0279. The standard InChI is InChI=1S/C20H15N3O4S/c21-16-14(13-6-8-26-11-13)10-15(19-22-7-9-28-19)23-18(16)27-17(20(24)25)12-4-2-1-3-5-12/h1-11,17H,21H2,(H,24,25). The number of carboxylic acids is 1. The quantitative estimate of drug-likeness (QED) is 0.503. The van der Waals surface area contributed by atoms with Crippen molar-refractivity contribution in [2.75, 3.05) is 5.73 Å². The fraction of sp³-hybridized carbons (Fsp3) is 0.0500. The number of hydrogen-bond acceptors (Lipinski definition) is 7. The minimum Gasteiger partial charge on any atom is -0.478 e. The normalized spacial score (nSPS) is 11.9. The van der Waals surface area contributed by atoms with Gasteiger partial charge < -0.3 is 20.0 Å². The van der Waals surface area contributed by atoms with Crippen molar-refractivity contribution >= 4 is 23.0 Å². The van der Waals surface area contributed by atoms with Gasteiger partial charge in [0.05, 0.1) is 12.5 Å². The zero-order valence-corrected chi connectivity index (χ0v) is 15.3. The van der Waals surface area contributed by atoms with Crippen LogP contribution in [0, 0.1) is 0 Å². The maximum Gasteiger partial charge on any atom is 0.349 e. The number of carboxylic acid groups (broad SMARTS) is 1. The number of anilines is 1. The number of furan rings is 1. The lowest BCUT2D eigenvalue weighted by Gasteiger charge is -2.18. The van der Waals surface area contributed by atoms with E-state index in [0.29, 0.717) is 21.8 Å². The van der Waals surface area contributed by atoms with Crippen molar-refractivity contribution in [2.24, 2.45) is 0 Å². The molecule has 0 saturated carbocycles. The largest absolute Gasteiger partial charge is 0.478 e. The van der Waals surface area contributed by atoms with E-state index >= 15 is 0 Å². The Morgan fingerprint density at radius 2 is 2.07 bits per heavy atom. The maximum absolute atomic E-state index is 11.8. The molecular formula is C20H15N3O4S. The van der Waals surface area contributed by atoms with Crippen LogP contribution in [0.2, 0.25) is 0 Å². The number of carbonyl (C=O) groups is 1. The molecule has 140 valence electrons.